The Morgan fingerprint density at radius 3 is 2.81 bits per heavy atom. The minimum absolute atomic E-state index is 0.228. The molecule has 1 N–H and O–H groups in total. The summed E-state index contributed by atoms with van der Waals surface area (Å²) in [6.07, 6.45) is 0. The fourth-order valence-corrected chi connectivity index (χ4v) is 1.50. The third-order valence-electron chi connectivity index (χ3n) is 2.25. The van der Waals surface area contributed by atoms with Crippen molar-refractivity contribution in [1.29, 1.82) is 0 Å². The second-order valence-corrected chi connectivity index (χ2v) is 3.28. The van der Waals surface area contributed by atoms with Crippen LogP contribution in [0, 0.1) is 0 Å². The zero-order chi connectivity index (χ0) is 11.0. The number of H-pyrrole nitrogens is 1. The highest BCUT2D eigenvalue weighted by Gasteiger charge is 2.05. The van der Waals surface area contributed by atoms with Crippen molar-refractivity contribution in [3.05, 3.63) is 46.8 Å². The highest BCUT2D eigenvalue weighted by molar-refractivity contribution is 5.59. The van der Waals surface area contributed by atoms with Crippen LogP contribution in [0.5, 0.6) is 0 Å². The zero-order valence-corrected chi connectivity index (χ0v) is 8.16. The summed E-state index contributed by atoms with van der Waals surface area (Å²) < 4.78 is 1.19. The van der Waals surface area contributed by atoms with Gasteiger partial charge in [-0.15, -0.1) is 0 Å². The average Bonchev–Trinajstić information content (AvgIpc) is 2.79. The number of hydrogen-bond acceptors (Lipinski definition) is 4. The van der Waals surface area contributed by atoms with E-state index in [1.807, 2.05) is 30.3 Å². The Hall–Kier alpha value is -2.50. The lowest BCUT2D eigenvalue weighted by Crippen LogP contribution is -2.14. The van der Waals surface area contributed by atoms with Crippen molar-refractivity contribution in [3.63, 3.8) is 0 Å². The maximum Gasteiger partial charge on any atom is 0.275 e. The summed E-state index contributed by atoms with van der Waals surface area (Å²) >= 11 is 0. The van der Waals surface area contributed by atoms with Crippen molar-refractivity contribution >= 4 is 5.78 Å². The minimum Gasteiger partial charge on any atom is -0.267 e. The smallest absolute Gasteiger partial charge is 0.267 e. The van der Waals surface area contributed by atoms with Gasteiger partial charge in [-0.3, -0.25) is 4.79 Å². The molecule has 0 atom stereocenters. The molecule has 16 heavy (non-hydrogen) atoms. The highest BCUT2D eigenvalue weighted by atomic mass is 16.1. The van der Waals surface area contributed by atoms with Gasteiger partial charge < -0.3 is 0 Å². The van der Waals surface area contributed by atoms with Crippen LogP contribution < -0.4 is 5.56 Å². The van der Waals surface area contributed by atoms with E-state index >= 15 is 0 Å². The number of rotatable bonds is 1. The molecule has 0 unspecified atom stereocenters. The van der Waals surface area contributed by atoms with Crippen LogP contribution in [0.4, 0.5) is 0 Å². The summed E-state index contributed by atoms with van der Waals surface area (Å²) in [5.41, 5.74) is 1.25. The number of tetrazole rings is 1. The summed E-state index contributed by atoms with van der Waals surface area (Å²) in [6, 6.07) is 10.9. The first-order valence-electron chi connectivity index (χ1n) is 4.71. The van der Waals surface area contributed by atoms with E-state index in [0.29, 0.717) is 5.69 Å². The van der Waals surface area contributed by atoms with Crippen molar-refractivity contribution in [2.24, 2.45) is 0 Å². The molecule has 1 aromatic carbocycles. The molecular weight excluding hydrogens is 206 g/mol. The van der Waals surface area contributed by atoms with Gasteiger partial charge >= 0.3 is 0 Å². The number of benzene rings is 1. The first-order valence-corrected chi connectivity index (χ1v) is 4.71. The Morgan fingerprint density at radius 2 is 2.00 bits per heavy atom. The van der Waals surface area contributed by atoms with Crippen molar-refractivity contribution < 1.29 is 0 Å². The maximum atomic E-state index is 11.6. The lowest BCUT2D eigenvalue weighted by atomic mass is 10.1. The van der Waals surface area contributed by atoms with Crippen LogP contribution in [-0.2, 0) is 0 Å². The average molecular weight is 213 g/mol. The standard InChI is InChI=1S/C10H7N5O/c16-9-6-8(7-4-2-1-3-5-7)11-10-12-13-14-15(9)10/h1-6H,(H,11,12,14). The van der Waals surface area contributed by atoms with Crippen LogP contribution in [0.25, 0.3) is 17.0 Å². The third kappa shape index (κ3) is 1.28. The van der Waals surface area contributed by atoms with Crippen LogP contribution in [0.15, 0.2) is 41.2 Å². The van der Waals surface area contributed by atoms with Gasteiger partial charge in [0.2, 0.25) is 0 Å². The molecule has 0 aliphatic heterocycles. The molecule has 0 saturated heterocycles. The molecule has 3 rings (SSSR count). The third-order valence-corrected chi connectivity index (χ3v) is 2.25. The number of fused-ring (bicyclic) bond motifs is 1. The Labute approximate surface area is 89.6 Å². The number of aromatic nitrogens is 5. The molecule has 6 heteroatoms. The molecule has 0 aliphatic rings. The van der Waals surface area contributed by atoms with Crippen molar-refractivity contribution in [2.75, 3.05) is 0 Å². The van der Waals surface area contributed by atoms with Gasteiger partial charge in [0.1, 0.15) is 0 Å². The maximum absolute atomic E-state index is 11.6. The van der Waals surface area contributed by atoms with Gasteiger partial charge in [0.15, 0.2) is 0 Å². The molecule has 0 radical (unpaired) electrons. The van der Waals surface area contributed by atoms with E-state index in [1.165, 1.54) is 10.6 Å². The minimum atomic E-state index is -0.228. The Balaban J connectivity index is 2.30. The molecular formula is C10H7N5O. The quantitative estimate of drug-likeness (QED) is 0.637. The molecule has 0 saturated carbocycles. The fourth-order valence-electron chi connectivity index (χ4n) is 1.50. The van der Waals surface area contributed by atoms with E-state index in [4.69, 9.17) is 0 Å². The number of nitrogens with zero attached hydrogens (tertiary/aromatic N) is 4. The molecule has 0 amide bonds. The second kappa shape index (κ2) is 3.27. The fraction of sp³-hybridized carbons (Fsp3) is 0. The lowest BCUT2D eigenvalue weighted by Gasteiger charge is -1.98. The Kier molecular flexibility index (Phi) is 1.79. The van der Waals surface area contributed by atoms with E-state index in [1.54, 1.807) is 0 Å². The van der Waals surface area contributed by atoms with Crippen LogP contribution in [0.2, 0.25) is 0 Å². The second-order valence-electron chi connectivity index (χ2n) is 3.28. The molecule has 0 fully saturated rings. The normalized spacial score (nSPS) is 10.8. The van der Waals surface area contributed by atoms with Crippen LogP contribution >= 0.6 is 0 Å². The van der Waals surface area contributed by atoms with Gasteiger partial charge in [0.05, 0.1) is 5.69 Å². The van der Waals surface area contributed by atoms with Gasteiger partial charge in [0, 0.05) is 11.6 Å². The monoisotopic (exact) mass is 213 g/mol. The number of aromatic amines is 1. The summed E-state index contributed by atoms with van der Waals surface area (Å²) in [5, 5.41) is 9.68. The Bertz CT molecular complexity index is 685. The van der Waals surface area contributed by atoms with Gasteiger partial charge in [-0.05, 0) is 5.21 Å². The molecule has 0 bridgehead atoms. The molecule has 0 aliphatic carbocycles. The Morgan fingerprint density at radius 1 is 1.19 bits per heavy atom. The van der Waals surface area contributed by atoms with Crippen molar-refractivity contribution in [1.82, 2.24) is 25.0 Å². The number of hydrogen-bond donors (Lipinski definition) is 1. The first kappa shape index (κ1) is 8.78. The largest absolute Gasteiger partial charge is 0.275 e. The van der Waals surface area contributed by atoms with Gasteiger partial charge in [0.25, 0.3) is 11.3 Å². The topological polar surface area (TPSA) is 75.9 Å². The van der Waals surface area contributed by atoms with Gasteiger partial charge in [-0.1, -0.05) is 35.4 Å². The highest BCUT2D eigenvalue weighted by Crippen LogP contribution is 2.14. The van der Waals surface area contributed by atoms with Gasteiger partial charge in [-0.2, -0.15) is 9.73 Å². The van der Waals surface area contributed by atoms with E-state index in [0.717, 1.165) is 5.56 Å². The predicted octanol–water partition coefficient (Wildman–Crippen LogP) is 0.480. The van der Waals surface area contributed by atoms with Crippen LogP contribution in [0.3, 0.4) is 0 Å². The van der Waals surface area contributed by atoms with Crippen LogP contribution in [0.1, 0.15) is 0 Å². The molecule has 2 aromatic heterocycles. The van der Waals surface area contributed by atoms with Crippen LogP contribution in [-0.4, -0.2) is 25.0 Å². The molecule has 78 valence electrons. The molecule has 6 nitrogen and oxygen atoms in total. The predicted molar refractivity (Wildman–Crippen MR) is 56.8 cm³/mol. The molecule has 0 spiro atoms. The van der Waals surface area contributed by atoms with E-state index in [-0.39, 0.29) is 11.3 Å². The van der Waals surface area contributed by atoms with E-state index in [9.17, 15) is 4.79 Å². The molecule has 3 aromatic rings. The number of nitrogens with one attached hydrogen (secondary N) is 1. The lowest BCUT2D eigenvalue weighted by molar-refractivity contribution is 0.801. The first-order chi connectivity index (χ1) is 7.84. The summed E-state index contributed by atoms with van der Waals surface area (Å²) in [7, 11) is 0. The van der Waals surface area contributed by atoms with Crippen molar-refractivity contribution in [3.8, 4) is 11.3 Å². The van der Waals surface area contributed by atoms with E-state index < -0.39 is 0 Å². The summed E-state index contributed by atoms with van der Waals surface area (Å²) in [5.74, 6) is 0.270. The zero-order valence-electron chi connectivity index (χ0n) is 8.16. The van der Waals surface area contributed by atoms with E-state index in [2.05, 4.69) is 20.5 Å². The SMILES string of the molecule is O=c1cc(-c2ccccc2)nc2nn[nH]n12. The summed E-state index contributed by atoms with van der Waals surface area (Å²) in [4.78, 5) is 15.9. The summed E-state index contributed by atoms with van der Waals surface area (Å²) in [6.45, 7) is 0. The molecule has 2 heterocycles. The van der Waals surface area contributed by atoms with Crippen molar-refractivity contribution in [2.45, 2.75) is 0 Å². The van der Waals surface area contributed by atoms with Gasteiger partial charge in [-0.25, -0.2) is 4.98 Å².